The van der Waals surface area contributed by atoms with E-state index in [0.29, 0.717) is 19.0 Å². The zero-order chi connectivity index (χ0) is 18.0. The first-order valence-corrected chi connectivity index (χ1v) is 8.55. The minimum atomic E-state index is 0.602. The molecule has 25 heavy (non-hydrogen) atoms. The van der Waals surface area contributed by atoms with E-state index in [4.69, 9.17) is 4.84 Å². The first kappa shape index (κ1) is 17.2. The Bertz CT molecular complexity index is 881. The largest absolute Gasteiger partial charge is 0.414 e. The van der Waals surface area contributed by atoms with Crippen molar-refractivity contribution in [2.75, 3.05) is 12.0 Å². The Morgan fingerprint density at radius 1 is 1.08 bits per heavy atom. The molecule has 0 aliphatic rings. The lowest BCUT2D eigenvalue weighted by atomic mass is 10.1. The van der Waals surface area contributed by atoms with Crippen molar-refractivity contribution in [1.82, 2.24) is 30.1 Å². The van der Waals surface area contributed by atoms with Crippen molar-refractivity contribution in [3.8, 4) is 0 Å². The zero-order valence-corrected chi connectivity index (χ0v) is 15.4. The van der Waals surface area contributed by atoms with Crippen LogP contribution in [0.5, 0.6) is 0 Å². The summed E-state index contributed by atoms with van der Waals surface area (Å²) in [6.45, 7) is 12.2. The maximum absolute atomic E-state index is 5.75. The van der Waals surface area contributed by atoms with Crippen LogP contribution in [0.1, 0.15) is 36.5 Å². The monoisotopic (exact) mass is 343 g/mol. The lowest BCUT2D eigenvalue weighted by Crippen LogP contribution is -2.22. The molecular formula is C17H25N7O. The molecule has 3 rings (SSSR count). The number of hydrazine groups is 1. The van der Waals surface area contributed by atoms with Crippen molar-refractivity contribution in [2.45, 2.75) is 47.7 Å². The predicted molar refractivity (Wildman–Crippen MR) is 97.2 cm³/mol. The van der Waals surface area contributed by atoms with Crippen LogP contribution in [0.25, 0.3) is 10.8 Å². The summed E-state index contributed by atoms with van der Waals surface area (Å²) in [6, 6.07) is 0. The number of hydrogen-bond acceptors (Lipinski definition) is 6. The Balaban J connectivity index is 1.86. The van der Waals surface area contributed by atoms with Crippen molar-refractivity contribution in [3.05, 3.63) is 35.0 Å². The fourth-order valence-electron chi connectivity index (χ4n) is 3.08. The number of nitrogens with zero attached hydrogens (tertiary/aromatic N) is 5. The van der Waals surface area contributed by atoms with Gasteiger partial charge in [0.05, 0.1) is 28.7 Å². The minimum absolute atomic E-state index is 0.602. The van der Waals surface area contributed by atoms with Crippen molar-refractivity contribution in [1.29, 1.82) is 0 Å². The number of nitrogens with one attached hydrogen (secondary N) is 2. The first-order valence-electron chi connectivity index (χ1n) is 8.55. The van der Waals surface area contributed by atoms with Gasteiger partial charge >= 0.3 is 0 Å². The molecule has 0 saturated heterocycles. The standard InChI is InChI=1S/C17H25N7O/c1-6-23-10-14(9-19-23)8-18-21-17-16-13(5)24(25-7-2)12(4)15(16)11(3)20-22-17/h9-10,18H,6-8H2,1-5H3,(H,21,22). The van der Waals surface area contributed by atoms with Gasteiger partial charge in [0.15, 0.2) is 5.82 Å². The molecule has 3 aromatic heterocycles. The molecule has 8 nitrogen and oxygen atoms in total. The number of hydrogen-bond donors (Lipinski definition) is 2. The summed E-state index contributed by atoms with van der Waals surface area (Å²) in [7, 11) is 0. The van der Waals surface area contributed by atoms with Crippen LogP contribution in [0.4, 0.5) is 5.82 Å². The van der Waals surface area contributed by atoms with Gasteiger partial charge in [-0.25, -0.2) is 5.43 Å². The van der Waals surface area contributed by atoms with Gasteiger partial charge in [-0.2, -0.15) is 14.9 Å². The highest BCUT2D eigenvalue weighted by Crippen LogP contribution is 2.30. The van der Waals surface area contributed by atoms with Crippen LogP contribution in [-0.2, 0) is 13.1 Å². The highest BCUT2D eigenvalue weighted by atomic mass is 16.7. The Morgan fingerprint density at radius 3 is 2.52 bits per heavy atom. The Kier molecular flexibility index (Phi) is 4.89. The molecule has 0 amide bonds. The fraction of sp³-hybridized carbons (Fsp3) is 0.471. The third kappa shape index (κ3) is 3.17. The molecule has 3 heterocycles. The van der Waals surface area contributed by atoms with Gasteiger partial charge in [-0.3, -0.25) is 4.68 Å². The van der Waals surface area contributed by atoms with Crippen LogP contribution < -0.4 is 15.7 Å². The first-order chi connectivity index (χ1) is 12.1. The van der Waals surface area contributed by atoms with Gasteiger partial charge in [0.25, 0.3) is 0 Å². The molecule has 0 spiro atoms. The van der Waals surface area contributed by atoms with Crippen molar-refractivity contribution in [2.24, 2.45) is 0 Å². The van der Waals surface area contributed by atoms with E-state index < -0.39 is 0 Å². The van der Waals surface area contributed by atoms with E-state index in [1.165, 1.54) is 0 Å². The van der Waals surface area contributed by atoms with E-state index in [9.17, 15) is 0 Å². The highest BCUT2D eigenvalue weighted by molar-refractivity contribution is 5.97. The van der Waals surface area contributed by atoms with Gasteiger partial charge < -0.3 is 10.3 Å². The van der Waals surface area contributed by atoms with Crippen LogP contribution in [0.2, 0.25) is 0 Å². The Morgan fingerprint density at radius 2 is 1.84 bits per heavy atom. The molecule has 0 unspecified atom stereocenters. The number of anilines is 1. The maximum atomic E-state index is 5.75. The average molecular weight is 343 g/mol. The molecular weight excluding hydrogens is 318 g/mol. The van der Waals surface area contributed by atoms with Crippen LogP contribution in [0, 0.1) is 20.8 Å². The van der Waals surface area contributed by atoms with Crippen LogP contribution in [-0.4, -0.2) is 31.3 Å². The van der Waals surface area contributed by atoms with Crippen LogP contribution in [0.3, 0.4) is 0 Å². The number of rotatable bonds is 7. The normalized spacial score (nSPS) is 11.2. The van der Waals surface area contributed by atoms with E-state index in [-0.39, 0.29) is 0 Å². The summed E-state index contributed by atoms with van der Waals surface area (Å²) < 4.78 is 3.76. The van der Waals surface area contributed by atoms with Gasteiger partial charge in [-0.15, -0.1) is 5.10 Å². The Hall–Kier alpha value is -2.61. The molecule has 0 aromatic carbocycles. The second-order valence-electron chi connectivity index (χ2n) is 5.95. The molecule has 0 aliphatic heterocycles. The lowest BCUT2D eigenvalue weighted by Gasteiger charge is -2.09. The second-order valence-corrected chi connectivity index (χ2v) is 5.95. The minimum Gasteiger partial charge on any atom is -0.414 e. The Labute approximate surface area is 147 Å². The molecule has 134 valence electrons. The maximum Gasteiger partial charge on any atom is 0.172 e. The van der Waals surface area contributed by atoms with Gasteiger partial charge in [0, 0.05) is 30.2 Å². The van der Waals surface area contributed by atoms with E-state index >= 15 is 0 Å². The van der Waals surface area contributed by atoms with E-state index in [1.54, 1.807) is 0 Å². The highest BCUT2D eigenvalue weighted by Gasteiger charge is 2.19. The van der Waals surface area contributed by atoms with Gasteiger partial charge in [0.1, 0.15) is 6.61 Å². The SMILES string of the molecule is CCOn1c(C)c2c(C)nnc(NNCc3cnn(CC)c3)c2c1C. The summed E-state index contributed by atoms with van der Waals surface area (Å²) in [6.07, 6.45) is 3.88. The molecule has 0 saturated carbocycles. The fourth-order valence-corrected chi connectivity index (χ4v) is 3.08. The quantitative estimate of drug-likeness (QED) is 0.640. The third-order valence-electron chi connectivity index (χ3n) is 4.25. The summed E-state index contributed by atoms with van der Waals surface area (Å²) >= 11 is 0. The van der Waals surface area contributed by atoms with E-state index in [1.807, 2.05) is 49.5 Å². The second kappa shape index (κ2) is 7.10. The average Bonchev–Trinajstić information content (AvgIpc) is 3.16. The van der Waals surface area contributed by atoms with Gasteiger partial charge in [-0.1, -0.05) is 0 Å². The van der Waals surface area contributed by atoms with Crippen molar-refractivity contribution < 1.29 is 4.84 Å². The topological polar surface area (TPSA) is 81.8 Å². The van der Waals surface area contributed by atoms with Crippen LogP contribution >= 0.6 is 0 Å². The van der Waals surface area contributed by atoms with Gasteiger partial charge in [0.2, 0.25) is 0 Å². The molecule has 3 aromatic rings. The summed E-state index contributed by atoms with van der Waals surface area (Å²) in [5, 5.41) is 15.0. The summed E-state index contributed by atoms with van der Waals surface area (Å²) in [5.74, 6) is 0.697. The molecule has 0 aliphatic carbocycles. The molecule has 0 atom stereocenters. The molecule has 0 fully saturated rings. The number of aryl methyl sites for hydroxylation is 4. The summed E-state index contributed by atoms with van der Waals surface area (Å²) in [5.41, 5.74) is 10.4. The molecule has 8 heteroatoms. The lowest BCUT2D eigenvalue weighted by molar-refractivity contribution is 0.114. The zero-order valence-electron chi connectivity index (χ0n) is 15.4. The number of aromatic nitrogens is 5. The van der Waals surface area contributed by atoms with Crippen molar-refractivity contribution in [3.63, 3.8) is 0 Å². The smallest absolute Gasteiger partial charge is 0.172 e. The van der Waals surface area contributed by atoms with E-state index in [0.717, 1.165) is 40.0 Å². The molecule has 0 bridgehead atoms. The number of fused-ring (bicyclic) bond motifs is 1. The van der Waals surface area contributed by atoms with E-state index in [2.05, 4.69) is 33.1 Å². The summed E-state index contributed by atoms with van der Waals surface area (Å²) in [4.78, 5) is 5.75. The van der Waals surface area contributed by atoms with Gasteiger partial charge in [-0.05, 0) is 34.6 Å². The predicted octanol–water partition coefficient (Wildman–Crippen LogP) is 2.14. The molecule has 2 N–H and O–H groups in total. The van der Waals surface area contributed by atoms with Crippen LogP contribution in [0.15, 0.2) is 12.4 Å². The van der Waals surface area contributed by atoms with Crippen molar-refractivity contribution >= 4 is 16.6 Å². The molecule has 0 radical (unpaired) electrons. The third-order valence-corrected chi connectivity index (χ3v) is 4.25.